The number of halogens is 3. The predicted octanol–water partition coefficient (Wildman–Crippen LogP) is 8.58. The second kappa shape index (κ2) is 11.6. The van der Waals surface area contributed by atoms with Crippen LogP contribution in [0, 0.1) is 23.5 Å². The zero-order valence-electron chi connectivity index (χ0n) is 19.8. The highest BCUT2D eigenvalue weighted by atomic mass is 19.1. The summed E-state index contributed by atoms with van der Waals surface area (Å²) in [4.78, 5) is 0. The van der Waals surface area contributed by atoms with E-state index in [1.54, 1.807) is 13.2 Å². The van der Waals surface area contributed by atoms with Crippen molar-refractivity contribution in [2.45, 2.75) is 76.0 Å². The van der Waals surface area contributed by atoms with Gasteiger partial charge in [-0.25, -0.2) is 8.78 Å². The Balaban J connectivity index is 1.41. The summed E-state index contributed by atoms with van der Waals surface area (Å²) >= 11 is 0. The van der Waals surface area contributed by atoms with Crippen LogP contribution < -0.4 is 0 Å². The Labute approximate surface area is 196 Å². The van der Waals surface area contributed by atoms with Crippen molar-refractivity contribution in [3.63, 3.8) is 0 Å². The van der Waals surface area contributed by atoms with Crippen LogP contribution in [0.3, 0.4) is 0 Å². The molecule has 2 aromatic carbocycles. The van der Waals surface area contributed by atoms with Gasteiger partial charge in [0.2, 0.25) is 0 Å². The first-order chi connectivity index (χ1) is 16.1. The van der Waals surface area contributed by atoms with Crippen molar-refractivity contribution in [2.75, 3.05) is 20.4 Å². The monoisotopic (exact) mass is 458 g/mol. The molecule has 4 rings (SSSR count). The van der Waals surface area contributed by atoms with E-state index in [9.17, 15) is 4.39 Å². The Morgan fingerprint density at radius 3 is 2.12 bits per heavy atom. The van der Waals surface area contributed by atoms with E-state index >= 15 is 8.78 Å². The smallest absolute Gasteiger partial charge is 0.131 e. The lowest BCUT2D eigenvalue weighted by Gasteiger charge is -2.29. The molecule has 0 heterocycles. The molecule has 0 aliphatic heterocycles. The SMILES string of the molecule is COCC1CCC(c2ccc(-c3ccc(C4CCC(CCCF)CC4)c(F)c3)c(F)c2)CC1. The Kier molecular flexibility index (Phi) is 8.51. The predicted molar refractivity (Wildman–Crippen MR) is 128 cm³/mol. The van der Waals surface area contributed by atoms with Crippen molar-refractivity contribution in [3.8, 4) is 11.1 Å². The van der Waals surface area contributed by atoms with Crippen molar-refractivity contribution in [3.05, 3.63) is 59.2 Å². The molecule has 0 amide bonds. The van der Waals surface area contributed by atoms with Crippen LogP contribution in [0.25, 0.3) is 11.1 Å². The summed E-state index contributed by atoms with van der Waals surface area (Å²) in [5.74, 6) is 1.28. The van der Waals surface area contributed by atoms with E-state index in [1.165, 1.54) is 6.07 Å². The van der Waals surface area contributed by atoms with Crippen LogP contribution in [-0.2, 0) is 4.74 Å². The Morgan fingerprint density at radius 1 is 0.788 bits per heavy atom. The molecule has 2 aromatic rings. The molecule has 33 heavy (non-hydrogen) atoms. The molecular formula is C29H37F3O. The van der Waals surface area contributed by atoms with Crippen LogP contribution in [0.5, 0.6) is 0 Å². The van der Waals surface area contributed by atoms with E-state index in [2.05, 4.69) is 0 Å². The Hall–Kier alpha value is -1.81. The number of hydrogen-bond acceptors (Lipinski definition) is 1. The Bertz CT molecular complexity index is 896. The Morgan fingerprint density at radius 2 is 1.48 bits per heavy atom. The van der Waals surface area contributed by atoms with Gasteiger partial charge < -0.3 is 4.74 Å². The summed E-state index contributed by atoms with van der Waals surface area (Å²) < 4.78 is 47.8. The molecule has 2 aliphatic carbocycles. The number of ether oxygens (including phenoxy) is 1. The highest BCUT2D eigenvalue weighted by Gasteiger charge is 2.25. The number of methoxy groups -OCH3 is 1. The molecule has 0 saturated heterocycles. The third-order valence-corrected chi connectivity index (χ3v) is 8.06. The lowest BCUT2D eigenvalue weighted by atomic mass is 9.77. The van der Waals surface area contributed by atoms with Gasteiger partial charge in [-0.1, -0.05) is 24.3 Å². The van der Waals surface area contributed by atoms with Crippen molar-refractivity contribution < 1.29 is 17.9 Å². The van der Waals surface area contributed by atoms with E-state index in [0.29, 0.717) is 35.3 Å². The molecule has 0 unspecified atom stereocenters. The second-order valence-electron chi connectivity index (χ2n) is 10.2. The fraction of sp³-hybridized carbons (Fsp3) is 0.586. The second-order valence-corrected chi connectivity index (χ2v) is 10.2. The largest absolute Gasteiger partial charge is 0.384 e. The average molecular weight is 459 g/mol. The van der Waals surface area contributed by atoms with Crippen molar-refractivity contribution in [1.82, 2.24) is 0 Å². The molecule has 180 valence electrons. The minimum atomic E-state index is -0.271. The maximum atomic E-state index is 15.1. The molecule has 2 fully saturated rings. The van der Waals surface area contributed by atoms with E-state index in [0.717, 1.165) is 75.5 Å². The molecule has 0 N–H and O–H groups in total. The van der Waals surface area contributed by atoms with Gasteiger partial charge in [0.05, 0.1) is 6.67 Å². The van der Waals surface area contributed by atoms with E-state index in [4.69, 9.17) is 4.74 Å². The number of rotatable bonds is 8. The third kappa shape index (κ3) is 6.01. The normalized spacial score (nSPS) is 25.8. The lowest BCUT2D eigenvalue weighted by molar-refractivity contribution is 0.127. The molecular weight excluding hydrogens is 421 g/mol. The molecule has 2 aliphatic rings. The molecule has 2 saturated carbocycles. The minimum Gasteiger partial charge on any atom is -0.384 e. The molecule has 1 nitrogen and oxygen atoms in total. The van der Waals surface area contributed by atoms with Crippen molar-refractivity contribution >= 4 is 0 Å². The minimum absolute atomic E-state index is 0.209. The van der Waals surface area contributed by atoms with Gasteiger partial charge in [-0.2, -0.15) is 0 Å². The maximum absolute atomic E-state index is 15.1. The number of benzene rings is 2. The summed E-state index contributed by atoms with van der Waals surface area (Å²) in [6.07, 6.45) is 9.90. The van der Waals surface area contributed by atoms with Gasteiger partial charge in [-0.3, -0.25) is 4.39 Å². The molecule has 0 atom stereocenters. The topological polar surface area (TPSA) is 9.23 Å². The molecule has 0 bridgehead atoms. The molecule has 0 radical (unpaired) electrons. The van der Waals surface area contributed by atoms with Gasteiger partial charge in [0.25, 0.3) is 0 Å². The molecule has 0 aromatic heterocycles. The van der Waals surface area contributed by atoms with Crippen LogP contribution >= 0.6 is 0 Å². The van der Waals surface area contributed by atoms with Crippen LogP contribution in [-0.4, -0.2) is 20.4 Å². The summed E-state index contributed by atoms with van der Waals surface area (Å²) in [5, 5.41) is 0. The first kappa shape index (κ1) is 24.3. The van der Waals surface area contributed by atoms with Crippen LogP contribution in [0.2, 0.25) is 0 Å². The zero-order chi connectivity index (χ0) is 23.2. The van der Waals surface area contributed by atoms with Crippen molar-refractivity contribution in [1.29, 1.82) is 0 Å². The summed E-state index contributed by atoms with van der Waals surface area (Å²) in [6, 6.07) is 10.7. The standard InChI is InChI=1S/C29H37F3O/c1-33-19-21-6-8-22(9-7-21)24-12-14-27(28(31)17-24)25-13-15-26(29(32)18-25)23-10-4-20(5-11-23)3-2-16-30/h12-15,17-18,20-23H,2-11,16,19H2,1H3. The highest BCUT2D eigenvalue weighted by molar-refractivity contribution is 5.65. The quantitative estimate of drug-likeness (QED) is 0.385. The fourth-order valence-corrected chi connectivity index (χ4v) is 6.07. The van der Waals surface area contributed by atoms with E-state index in [1.807, 2.05) is 24.3 Å². The average Bonchev–Trinajstić information content (AvgIpc) is 2.84. The molecule has 0 spiro atoms. The third-order valence-electron chi connectivity index (χ3n) is 8.06. The van der Waals surface area contributed by atoms with Crippen LogP contribution in [0.4, 0.5) is 13.2 Å². The van der Waals surface area contributed by atoms with Crippen molar-refractivity contribution in [2.24, 2.45) is 11.8 Å². The lowest BCUT2D eigenvalue weighted by Crippen LogP contribution is -2.17. The van der Waals surface area contributed by atoms with Gasteiger partial charge in [-0.15, -0.1) is 0 Å². The first-order valence-corrected chi connectivity index (χ1v) is 12.7. The van der Waals surface area contributed by atoms with E-state index in [-0.39, 0.29) is 24.2 Å². The van der Waals surface area contributed by atoms with Gasteiger partial charge in [0, 0.05) is 19.3 Å². The molecule has 4 heteroatoms. The van der Waals surface area contributed by atoms with E-state index < -0.39 is 0 Å². The van der Waals surface area contributed by atoms with Gasteiger partial charge in [0.15, 0.2) is 0 Å². The van der Waals surface area contributed by atoms with Crippen LogP contribution in [0.1, 0.15) is 87.2 Å². The summed E-state index contributed by atoms with van der Waals surface area (Å²) in [6.45, 7) is 0.561. The van der Waals surface area contributed by atoms with Gasteiger partial charge in [-0.05, 0) is 117 Å². The summed E-state index contributed by atoms with van der Waals surface area (Å²) in [5.41, 5.74) is 2.86. The van der Waals surface area contributed by atoms with Gasteiger partial charge >= 0.3 is 0 Å². The first-order valence-electron chi connectivity index (χ1n) is 12.7. The number of alkyl halides is 1. The highest BCUT2D eigenvalue weighted by Crippen LogP contribution is 2.40. The maximum Gasteiger partial charge on any atom is 0.131 e. The van der Waals surface area contributed by atoms with Crippen LogP contribution in [0.15, 0.2) is 36.4 Å². The number of hydrogen-bond donors (Lipinski definition) is 0. The zero-order valence-corrected chi connectivity index (χ0v) is 19.8. The fourth-order valence-electron chi connectivity index (χ4n) is 6.07. The summed E-state index contributed by atoms with van der Waals surface area (Å²) in [7, 11) is 1.75. The van der Waals surface area contributed by atoms with Gasteiger partial charge in [0.1, 0.15) is 11.6 Å².